The molecule has 0 saturated carbocycles. The van der Waals surface area contributed by atoms with Crippen LogP contribution in [0.2, 0.25) is 0 Å². The van der Waals surface area contributed by atoms with Gasteiger partial charge >= 0.3 is 0 Å². The number of fused-ring (bicyclic) bond motifs is 3. The Balaban J connectivity index is 0.000000210. The van der Waals surface area contributed by atoms with Gasteiger partial charge in [-0.15, -0.1) is 65.2 Å². The summed E-state index contributed by atoms with van der Waals surface area (Å²) in [5, 5.41) is 0. The van der Waals surface area contributed by atoms with Gasteiger partial charge in [0.2, 0.25) is 0 Å². The molecule has 1 radical (unpaired) electrons. The minimum absolute atomic E-state index is 0. The SMILES string of the molecule is Cc1ccc2c(n1)C(C)(C)C(C)(C)c1c[c-]c(-c3ccccn3)cc1-2.Cc1cnc(-c2[c-]cccc2)cc1C.[Ir]. The fraction of sp³-hybridized carbons (Fsp3) is 0.250. The van der Waals surface area contributed by atoms with Crippen LogP contribution in [0.1, 0.15) is 55.8 Å². The normalized spacial score (nSPS) is 14.1. The molecule has 40 heavy (non-hydrogen) atoms. The van der Waals surface area contributed by atoms with Crippen LogP contribution >= 0.6 is 0 Å². The molecule has 4 heteroatoms. The third kappa shape index (κ3) is 5.44. The van der Waals surface area contributed by atoms with E-state index < -0.39 is 0 Å². The van der Waals surface area contributed by atoms with E-state index in [4.69, 9.17) is 4.98 Å². The molecule has 6 rings (SSSR count). The van der Waals surface area contributed by atoms with Gasteiger partial charge in [-0.05, 0) is 60.8 Å². The molecule has 0 saturated heterocycles. The summed E-state index contributed by atoms with van der Waals surface area (Å²) in [7, 11) is 0. The number of aromatic nitrogens is 3. The molecule has 0 amide bonds. The molecule has 3 aromatic heterocycles. The second-order valence-corrected chi connectivity index (χ2v) is 11.4. The van der Waals surface area contributed by atoms with Gasteiger partial charge in [0.1, 0.15) is 0 Å². The molecule has 5 aromatic rings. The first-order chi connectivity index (χ1) is 18.6. The third-order valence-corrected chi connectivity index (χ3v) is 8.40. The predicted molar refractivity (Wildman–Crippen MR) is 161 cm³/mol. The van der Waals surface area contributed by atoms with E-state index in [0.29, 0.717) is 0 Å². The molecule has 205 valence electrons. The minimum atomic E-state index is -0.0539. The number of aryl methyl sites for hydroxylation is 3. The molecule has 3 heterocycles. The molecular weight excluding hydrogens is 667 g/mol. The average Bonchev–Trinajstić information content (AvgIpc) is 2.95. The van der Waals surface area contributed by atoms with Crippen LogP contribution in [0.15, 0.2) is 85.2 Å². The number of pyridine rings is 3. The van der Waals surface area contributed by atoms with E-state index in [9.17, 15) is 0 Å². The summed E-state index contributed by atoms with van der Waals surface area (Å²) in [6, 6.07) is 31.3. The van der Waals surface area contributed by atoms with Gasteiger partial charge in [-0.2, -0.15) is 0 Å². The van der Waals surface area contributed by atoms with Crippen molar-refractivity contribution in [1.29, 1.82) is 0 Å². The van der Waals surface area contributed by atoms with Gasteiger partial charge in [-0.25, -0.2) is 0 Å². The molecule has 0 N–H and O–H groups in total. The van der Waals surface area contributed by atoms with Crippen LogP contribution in [0.4, 0.5) is 0 Å². The summed E-state index contributed by atoms with van der Waals surface area (Å²) in [5.41, 5.74) is 12.5. The van der Waals surface area contributed by atoms with Crippen LogP contribution in [-0.4, -0.2) is 15.0 Å². The van der Waals surface area contributed by atoms with Gasteiger partial charge in [0, 0.05) is 43.6 Å². The van der Waals surface area contributed by atoms with E-state index in [-0.39, 0.29) is 30.9 Å². The zero-order valence-electron chi connectivity index (χ0n) is 24.3. The van der Waals surface area contributed by atoms with Crippen molar-refractivity contribution in [2.24, 2.45) is 0 Å². The van der Waals surface area contributed by atoms with Crippen LogP contribution in [0.3, 0.4) is 0 Å². The Labute approximate surface area is 252 Å². The molecule has 0 atom stereocenters. The summed E-state index contributed by atoms with van der Waals surface area (Å²) in [6.07, 6.45) is 3.74. The van der Waals surface area contributed by atoms with Gasteiger partial charge in [-0.3, -0.25) is 4.98 Å². The number of benzene rings is 2. The first-order valence-corrected chi connectivity index (χ1v) is 13.5. The maximum Gasteiger partial charge on any atom is 0.0526 e. The Hall–Kier alpha value is -3.46. The van der Waals surface area contributed by atoms with E-state index in [2.05, 4.69) is 101 Å². The standard InChI is InChI=1S/C23H23N2.C13H12N.Ir/c1-15-9-11-17-18-14-16(20-8-6-7-13-24-20)10-12-19(18)22(2,3)23(4,5)21(17)25-15;1-10-8-13(14-9-11(10)2)12-6-4-3-5-7-12;/h6-9,11-14H,1-5H3;3-6,8-9H,1-2H3;/q2*-1;. The fourth-order valence-corrected chi connectivity index (χ4v) is 5.11. The Bertz CT molecular complexity index is 1620. The van der Waals surface area contributed by atoms with E-state index in [0.717, 1.165) is 28.2 Å². The van der Waals surface area contributed by atoms with Gasteiger partial charge in [-0.1, -0.05) is 63.1 Å². The molecule has 2 aromatic carbocycles. The van der Waals surface area contributed by atoms with Crippen molar-refractivity contribution in [2.45, 2.75) is 59.3 Å². The number of hydrogen-bond acceptors (Lipinski definition) is 3. The summed E-state index contributed by atoms with van der Waals surface area (Å²) in [5.74, 6) is 0. The Morgan fingerprint density at radius 2 is 1.45 bits per heavy atom. The van der Waals surface area contributed by atoms with E-state index in [1.54, 1.807) is 0 Å². The molecule has 0 bridgehead atoms. The zero-order valence-corrected chi connectivity index (χ0v) is 26.7. The molecule has 3 nitrogen and oxygen atoms in total. The maximum absolute atomic E-state index is 4.94. The summed E-state index contributed by atoms with van der Waals surface area (Å²) in [4.78, 5) is 13.8. The number of nitrogens with zero attached hydrogens (tertiary/aromatic N) is 3. The third-order valence-electron chi connectivity index (χ3n) is 8.40. The monoisotopic (exact) mass is 702 g/mol. The van der Waals surface area contributed by atoms with Crippen molar-refractivity contribution < 1.29 is 20.1 Å². The Morgan fingerprint density at radius 1 is 0.675 bits per heavy atom. The van der Waals surface area contributed by atoms with E-state index in [1.165, 1.54) is 33.5 Å². The summed E-state index contributed by atoms with van der Waals surface area (Å²) >= 11 is 0. The van der Waals surface area contributed by atoms with Gasteiger partial charge in [0.25, 0.3) is 0 Å². The van der Waals surface area contributed by atoms with Gasteiger partial charge in [0.15, 0.2) is 0 Å². The minimum Gasteiger partial charge on any atom is -0.305 e. The summed E-state index contributed by atoms with van der Waals surface area (Å²) in [6.45, 7) is 15.5. The number of hydrogen-bond donors (Lipinski definition) is 0. The average molecular weight is 702 g/mol. The second kappa shape index (κ2) is 11.6. The zero-order chi connectivity index (χ0) is 27.8. The van der Waals surface area contributed by atoms with Crippen LogP contribution in [-0.2, 0) is 30.9 Å². The molecule has 0 fully saturated rings. The fourth-order valence-electron chi connectivity index (χ4n) is 5.11. The molecule has 1 aliphatic carbocycles. The summed E-state index contributed by atoms with van der Waals surface area (Å²) < 4.78 is 0. The molecule has 1 aliphatic rings. The Kier molecular flexibility index (Phi) is 8.54. The van der Waals surface area contributed by atoms with Gasteiger partial charge in [0.05, 0.1) is 5.69 Å². The van der Waals surface area contributed by atoms with Crippen molar-refractivity contribution in [2.75, 3.05) is 0 Å². The van der Waals surface area contributed by atoms with Crippen molar-refractivity contribution in [3.63, 3.8) is 0 Å². The van der Waals surface area contributed by atoms with Crippen LogP contribution in [0.5, 0.6) is 0 Å². The molecular formula is C36H35IrN3-2. The van der Waals surface area contributed by atoms with Crippen molar-refractivity contribution in [3.05, 3.63) is 125 Å². The first-order valence-electron chi connectivity index (χ1n) is 13.5. The molecule has 0 spiro atoms. The maximum atomic E-state index is 4.94. The van der Waals surface area contributed by atoms with Gasteiger partial charge < -0.3 is 9.97 Å². The Morgan fingerprint density at radius 3 is 2.12 bits per heavy atom. The topological polar surface area (TPSA) is 38.7 Å². The molecule has 0 aliphatic heterocycles. The van der Waals surface area contributed by atoms with Crippen LogP contribution < -0.4 is 0 Å². The van der Waals surface area contributed by atoms with Crippen molar-refractivity contribution >= 4 is 0 Å². The van der Waals surface area contributed by atoms with Crippen molar-refractivity contribution in [3.8, 4) is 33.6 Å². The van der Waals surface area contributed by atoms with Crippen LogP contribution in [0.25, 0.3) is 33.6 Å². The van der Waals surface area contributed by atoms with E-state index >= 15 is 0 Å². The quantitative estimate of drug-likeness (QED) is 0.173. The smallest absolute Gasteiger partial charge is 0.0526 e. The largest absolute Gasteiger partial charge is 0.305 e. The molecule has 0 unspecified atom stereocenters. The van der Waals surface area contributed by atoms with Crippen molar-refractivity contribution in [1.82, 2.24) is 15.0 Å². The van der Waals surface area contributed by atoms with E-state index in [1.807, 2.05) is 54.9 Å². The second-order valence-electron chi connectivity index (χ2n) is 11.4. The first kappa shape index (κ1) is 29.5. The predicted octanol–water partition coefficient (Wildman–Crippen LogP) is 8.65. The number of rotatable bonds is 2. The van der Waals surface area contributed by atoms with Crippen LogP contribution in [0, 0.1) is 32.9 Å².